The molecule has 122 valence electrons. The number of halogens is 1. The standard InChI is InChI=1S/C17H20FN3O2/c1-10(2)7-21-15(19-9-20-21)8-23-14-5-4-12(18)16-11(3)6-13(22)17(14)16/h4-5,9-11H,6-8H2,1-3H3. The third-order valence-electron chi connectivity index (χ3n) is 4.01. The van der Waals surface area contributed by atoms with Crippen LogP contribution in [-0.4, -0.2) is 20.5 Å². The van der Waals surface area contributed by atoms with Crippen LogP contribution >= 0.6 is 0 Å². The maximum absolute atomic E-state index is 14.0. The van der Waals surface area contributed by atoms with E-state index in [4.69, 9.17) is 4.74 Å². The number of ketones is 1. The molecule has 1 aromatic carbocycles. The Balaban J connectivity index is 1.83. The predicted molar refractivity (Wildman–Crippen MR) is 83.0 cm³/mol. The van der Waals surface area contributed by atoms with E-state index in [1.807, 2.05) is 6.92 Å². The van der Waals surface area contributed by atoms with Gasteiger partial charge in [0.15, 0.2) is 11.6 Å². The zero-order chi connectivity index (χ0) is 16.6. The molecule has 0 saturated carbocycles. The first-order valence-electron chi connectivity index (χ1n) is 7.82. The van der Waals surface area contributed by atoms with Gasteiger partial charge in [0, 0.05) is 18.5 Å². The Labute approximate surface area is 134 Å². The number of benzene rings is 1. The molecule has 1 atom stereocenters. The maximum Gasteiger partial charge on any atom is 0.167 e. The molecule has 0 saturated heterocycles. The fraction of sp³-hybridized carbons (Fsp3) is 0.471. The number of Topliss-reactive ketones (excluding diaryl/α,β-unsaturated/α-hetero) is 1. The van der Waals surface area contributed by atoms with Crippen molar-refractivity contribution in [1.82, 2.24) is 14.8 Å². The first-order chi connectivity index (χ1) is 11.0. The van der Waals surface area contributed by atoms with Crippen molar-refractivity contribution in [2.75, 3.05) is 0 Å². The molecule has 0 aliphatic heterocycles. The number of carbonyl (C=O) groups is 1. The minimum atomic E-state index is -0.339. The Morgan fingerprint density at radius 2 is 2.22 bits per heavy atom. The van der Waals surface area contributed by atoms with Crippen molar-refractivity contribution in [3.05, 3.63) is 41.2 Å². The van der Waals surface area contributed by atoms with Crippen molar-refractivity contribution in [3.63, 3.8) is 0 Å². The van der Waals surface area contributed by atoms with Crippen LogP contribution in [0.15, 0.2) is 18.5 Å². The van der Waals surface area contributed by atoms with Gasteiger partial charge >= 0.3 is 0 Å². The second-order valence-corrected chi connectivity index (χ2v) is 6.40. The molecule has 1 aromatic heterocycles. The van der Waals surface area contributed by atoms with Gasteiger partial charge in [-0.2, -0.15) is 5.10 Å². The smallest absolute Gasteiger partial charge is 0.167 e. The van der Waals surface area contributed by atoms with Gasteiger partial charge in [-0.15, -0.1) is 0 Å². The zero-order valence-electron chi connectivity index (χ0n) is 13.5. The topological polar surface area (TPSA) is 57.0 Å². The molecule has 0 N–H and O–H groups in total. The largest absolute Gasteiger partial charge is 0.485 e. The molecule has 1 heterocycles. The first-order valence-corrected chi connectivity index (χ1v) is 7.82. The van der Waals surface area contributed by atoms with Crippen molar-refractivity contribution >= 4 is 5.78 Å². The summed E-state index contributed by atoms with van der Waals surface area (Å²) in [6.45, 7) is 7.00. The van der Waals surface area contributed by atoms with E-state index in [0.29, 0.717) is 35.0 Å². The van der Waals surface area contributed by atoms with Crippen LogP contribution in [0, 0.1) is 11.7 Å². The molecule has 0 amide bonds. The van der Waals surface area contributed by atoms with Gasteiger partial charge in [-0.1, -0.05) is 20.8 Å². The first kappa shape index (κ1) is 15.6. The summed E-state index contributed by atoms with van der Waals surface area (Å²) in [5, 5.41) is 4.18. The number of rotatable bonds is 5. The van der Waals surface area contributed by atoms with E-state index in [2.05, 4.69) is 23.9 Å². The van der Waals surface area contributed by atoms with Crippen LogP contribution < -0.4 is 4.74 Å². The van der Waals surface area contributed by atoms with Gasteiger partial charge in [0.2, 0.25) is 0 Å². The number of nitrogens with zero attached hydrogens (tertiary/aromatic N) is 3. The van der Waals surface area contributed by atoms with Crippen molar-refractivity contribution in [3.8, 4) is 5.75 Å². The van der Waals surface area contributed by atoms with Crippen LogP contribution in [0.5, 0.6) is 5.75 Å². The monoisotopic (exact) mass is 317 g/mol. The zero-order valence-corrected chi connectivity index (χ0v) is 13.5. The molecule has 2 aromatic rings. The van der Waals surface area contributed by atoms with E-state index in [1.165, 1.54) is 18.5 Å². The molecule has 0 bridgehead atoms. The van der Waals surface area contributed by atoms with Crippen LogP contribution in [0.4, 0.5) is 4.39 Å². The summed E-state index contributed by atoms with van der Waals surface area (Å²) in [5.41, 5.74) is 0.851. The molecule has 0 fully saturated rings. The molecule has 0 spiro atoms. The lowest BCUT2D eigenvalue weighted by atomic mass is 10.0. The molecule has 6 heteroatoms. The van der Waals surface area contributed by atoms with Crippen LogP contribution in [0.3, 0.4) is 0 Å². The van der Waals surface area contributed by atoms with Gasteiger partial charge in [-0.25, -0.2) is 14.1 Å². The van der Waals surface area contributed by atoms with E-state index in [-0.39, 0.29) is 24.1 Å². The highest BCUT2D eigenvalue weighted by Gasteiger charge is 2.32. The Morgan fingerprint density at radius 3 is 2.96 bits per heavy atom. The fourth-order valence-corrected chi connectivity index (χ4v) is 2.99. The lowest BCUT2D eigenvalue weighted by Crippen LogP contribution is -2.13. The van der Waals surface area contributed by atoms with Gasteiger partial charge in [0.05, 0.1) is 5.56 Å². The van der Waals surface area contributed by atoms with E-state index in [9.17, 15) is 9.18 Å². The second kappa shape index (κ2) is 6.10. The third kappa shape index (κ3) is 2.98. The fourth-order valence-electron chi connectivity index (χ4n) is 2.99. The van der Waals surface area contributed by atoms with Crippen LogP contribution in [0.1, 0.15) is 54.9 Å². The number of aromatic nitrogens is 3. The molecule has 1 aliphatic rings. The highest BCUT2D eigenvalue weighted by molar-refractivity contribution is 6.03. The molecular formula is C17H20FN3O2. The summed E-state index contributed by atoms with van der Waals surface area (Å²) in [5.74, 6) is 1.04. The van der Waals surface area contributed by atoms with E-state index in [1.54, 1.807) is 4.68 Å². The van der Waals surface area contributed by atoms with Crippen molar-refractivity contribution < 1.29 is 13.9 Å². The van der Waals surface area contributed by atoms with Gasteiger partial charge in [-0.05, 0) is 24.0 Å². The van der Waals surface area contributed by atoms with E-state index >= 15 is 0 Å². The van der Waals surface area contributed by atoms with Crippen LogP contribution in [0.2, 0.25) is 0 Å². The third-order valence-corrected chi connectivity index (χ3v) is 4.01. The normalized spacial score (nSPS) is 16.9. The summed E-state index contributed by atoms with van der Waals surface area (Å²) in [7, 11) is 0. The Morgan fingerprint density at radius 1 is 1.43 bits per heavy atom. The number of ether oxygens (including phenoxy) is 1. The number of fused-ring (bicyclic) bond motifs is 1. The van der Waals surface area contributed by atoms with Crippen LogP contribution in [-0.2, 0) is 13.2 Å². The highest BCUT2D eigenvalue weighted by atomic mass is 19.1. The quantitative estimate of drug-likeness (QED) is 0.848. The number of hydrogen-bond acceptors (Lipinski definition) is 4. The molecule has 3 rings (SSSR count). The molecular weight excluding hydrogens is 297 g/mol. The molecule has 23 heavy (non-hydrogen) atoms. The number of hydrogen-bond donors (Lipinski definition) is 0. The minimum Gasteiger partial charge on any atom is -0.485 e. The van der Waals surface area contributed by atoms with Crippen LogP contribution in [0.25, 0.3) is 0 Å². The van der Waals surface area contributed by atoms with Crippen molar-refractivity contribution in [2.24, 2.45) is 5.92 Å². The molecule has 0 radical (unpaired) electrons. The lowest BCUT2D eigenvalue weighted by Gasteiger charge is -2.13. The van der Waals surface area contributed by atoms with Crippen molar-refractivity contribution in [2.45, 2.75) is 46.3 Å². The Bertz CT molecular complexity index is 739. The summed E-state index contributed by atoms with van der Waals surface area (Å²) >= 11 is 0. The Kier molecular flexibility index (Phi) is 4.15. The van der Waals surface area contributed by atoms with Gasteiger partial charge in [0.25, 0.3) is 0 Å². The molecule has 1 unspecified atom stereocenters. The Hall–Kier alpha value is -2.24. The average molecular weight is 317 g/mol. The van der Waals surface area contributed by atoms with Gasteiger partial charge in [0.1, 0.15) is 24.5 Å². The summed E-state index contributed by atoms with van der Waals surface area (Å²) < 4.78 is 21.6. The average Bonchev–Trinajstić information content (AvgIpc) is 3.03. The van der Waals surface area contributed by atoms with E-state index < -0.39 is 0 Å². The minimum absolute atomic E-state index is 0.0642. The number of carbonyl (C=O) groups excluding carboxylic acids is 1. The maximum atomic E-state index is 14.0. The summed E-state index contributed by atoms with van der Waals surface area (Å²) in [4.78, 5) is 16.3. The van der Waals surface area contributed by atoms with Gasteiger partial charge < -0.3 is 4.74 Å². The summed E-state index contributed by atoms with van der Waals surface area (Å²) in [6, 6.07) is 2.88. The highest BCUT2D eigenvalue weighted by Crippen LogP contribution is 2.39. The lowest BCUT2D eigenvalue weighted by molar-refractivity contribution is 0.0986. The molecule has 5 nitrogen and oxygen atoms in total. The predicted octanol–water partition coefficient (Wildman–Crippen LogP) is 3.34. The van der Waals surface area contributed by atoms with E-state index in [0.717, 1.165) is 6.54 Å². The SMILES string of the molecule is CC(C)Cn1ncnc1COc1ccc(F)c2c1C(=O)CC2C. The summed E-state index contributed by atoms with van der Waals surface area (Å²) in [6.07, 6.45) is 1.82. The van der Waals surface area contributed by atoms with Gasteiger partial charge in [-0.3, -0.25) is 4.79 Å². The second-order valence-electron chi connectivity index (χ2n) is 6.40. The van der Waals surface area contributed by atoms with Crippen molar-refractivity contribution in [1.29, 1.82) is 0 Å². The molecule has 1 aliphatic carbocycles.